The van der Waals surface area contributed by atoms with Crippen molar-refractivity contribution in [3.63, 3.8) is 0 Å². The number of nitrogens with two attached hydrogens (primary N) is 1. The Hall–Kier alpha value is -0.340. The third-order valence-electron chi connectivity index (χ3n) is 1.40. The minimum atomic E-state index is -4.09. The fourth-order valence-electron chi connectivity index (χ4n) is 0.698. The predicted molar refractivity (Wildman–Crippen MR) is 52.3 cm³/mol. The van der Waals surface area contributed by atoms with Crippen LogP contribution in [0.4, 0.5) is 0 Å². The molecule has 0 aliphatic heterocycles. The van der Waals surface area contributed by atoms with E-state index >= 15 is 0 Å². The SMILES string of the molecule is CS(=O)(=O)CC(Cl)(C(N)=O)S(C)(=O)=O. The molecular formula is C5H10ClNO5S2. The van der Waals surface area contributed by atoms with Crippen molar-refractivity contribution < 1.29 is 21.6 Å². The van der Waals surface area contributed by atoms with Crippen molar-refractivity contribution in [2.24, 2.45) is 5.73 Å². The summed E-state index contributed by atoms with van der Waals surface area (Å²) in [4.78, 5) is 10.8. The van der Waals surface area contributed by atoms with Crippen LogP contribution in [0.25, 0.3) is 0 Å². The second-order valence-electron chi connectivity index (χ2n) is 2.93. The first-order chi connectivity index (χ1) is 5.90. The number of primary amides is 1. The van der Waals surface area contributed by atoms with Gasteiger partial charge in [0.1, 0.15) is 0 Å². The van der Waals surface area contributed by atoms with E-state index in [9.17, 15) is 21.6 Å². The normalized spacial score (nSPS) is 17.4. The molecule has 0 aromatic rings. The molecule has 2 N–H and O–H groups in total. The van der Waals surface area contributed by atoms with Crippen molar-refractivity contribution in [1.82, 2.24) is 0 Å². The highest BCUT2D eigenvalue weighted by molar-refractivity contribution is 7.97. The molecule has 0 aromatic carbocycles. The number of carbonyl (C=O) groups is 1. The zero-order valence-corrected chi connectivity index (χ0v) is 9.91. The van der Waals surface area contributed by atoms with E-state index in [1.54, 1.807) is 0 Å². The van der Waals surface area contributed by atoms with Gasteiger partial charge in [-0.2, -0.15) is 0 Å². The standard InChI is InChI=1S/C5H10ClNO5S2/c1-13(9,10)3-5(6,4(7)8)14(2,11)12/h3H2,1-2H3,(H2,7,8). The highest BCUT2D eigenvalue weighted by Crippen LogP contribution is 2.23. The second kappa shape index (κ2) is 3.67. The number of alkyl halides is 1. The molecule has 0 aromatic heterocycles. The molecule has 1 unspecified atom stereocenters. The van der Waals surface area contributed by atoms with Gasteiger partial charge < -0.3 is 5.73 Å². The molecule has 0 spiro atoms. The third-order valence-corrected chi connectivity index (χ3v) is 5.38. The van der Waals surface area contributed by atoms with Crippen LogP contribution in [0, 0.1) is 0 Å². The van der Waals surface area contributed by atoms with Gasteiger partial charge in [0.25, 0.3) is 5.91 Å². The van der Waals surface area contributed by atoms with Crippen molar-refractivity contribution >= 4 is 37.2 Å². The maximum absolute atomic E-state index is 11.1. The minimum Gasteiger partial charge on any atom is -0.367 e. The first-order valence-corrected chi connectivity index (χ1v) is 7.59. The smallest absolute Gasteiger partial charge is 0.255 e. The van der Waals surface area contributed by atoms with Gasteiger partial charge in [-0.15, -0.1) is 0 Å². The lowest BCUT2D eigenvalue weighted by Crippen LogP contribution is -2.50. The number of halogens is 1. The van der Waals surface area contributed by atoms with Gasteiger partial charge in [0.15, 0.2) is 19.7 Å². The van der Waals surface area contributed by atoms with Crippen LogP contribution >= 0.6 is 11.6 Å². The Labute approximate surface area is 87.3 Å². The zero-order valence-electron chi connectivity index (χ0n) is 7.52. The Morgan fingerprint density at radius 2 is 1.64 bits per heavy atom. The highest BCUT2D eigenvalue weighted by atomic mass is 35.5. The van der Waals surface area contributed by atoms with E-state index in [2.05, 4.69) is 0 Å². The summed E-state index contributed by atoms with van der Waals surface area (Å²) in [5.74, 6) is -2.43. The number of sulfone groups is 2. The molecule has 0 fully saturated rings. The number of amides is 1. The van der Waals surface area contributed by atoms with Gasteiger partial charge in [0, 0.05) is 12.5 Å². The van der Waals surface area contributed by atoms with E-state index < -0.39 is 35.5 Å². The molecule has 0 radical (unpaired) electrons. The van der Waals surface area contributed by atoms with Crippen molar-refractivity contribution in [2.45, 2.75) is 4.21 Å². The van der Waals surface area contributed by atoms with Gasteiger partial charge in [-0.3, -0.25) is 4.79 Å². The topological polar surface area (TPSA) is 111 Å². The van der Waals surface area contributed by atoms with Gasteiger partial charge in [0.05, 0.1) is 5.75 Å². The fraction of sp³-hybridized carbons (Fsp3) is 0.800. The maximum Gasteiger partial charge on any atom is 0.255 e. The second-order valence-corrected chi connectivity index (χ2v) is 8.19. The van der Waals surface area contributed by atoms with Gasteiger partial charge >= 0.3 is 0 Å². The predicted octanol–water partition coefficient (Wildman–Crippen LogP) is -1.50. The quantitative estimate of drug-likeness (QED) is 0.620. The Kier molecular flexibility index (Phi) is 3.58. The summed E-state index contributed by atoms with van der Waals surface area (Å²) in [6, 6.07) is 0. The largest absolute Gasteiger partial charge is 0.367 e. The lowest BCUT2D eigenvalue weighted by molar-refractivity contribution is -0.118. The van der Waals surface area contributed by atoms with Crippen LogP contribution in [-0.4, -0.2) is 45.2 Å². The average molecular weight is 264 g/mol. The van der Waals surface area contributed by atoms with Crippen LogP contribution in [0.2, 0.25) is 0 Å². The van der Waals surface area contributed by atoms with Gasteiger partial charge in [-0.05, 0) is 0 Å². The maximum atomic E-state index is 11.1. The summed E-state index contributed by atoms with van der Waals surface area (Å²) in [5.41, 5.74) is 4.75. The van der Waals surface area contributed by atoms with Gasteiger partial charge in [-0.25, -0.2) is 16.8 Å². The molecular weight excluding hydrogens is 254 g/mol. The number of hydrogen-bond acceptors (Lipinski definition) is 5. The van der Waals surface area contributed by atoms with Crippen molar-refractivity contribution in [3.8, 4) is 0 Å². The number of hydrogen-bond donors (Lipinski definition) is 1. The van der Waals surface area contributed by atoms with E-state index in [1.165, 1.54) is 0 Å². The molecule has 0 aliphatic rings. The molecule has 84 valence electrons. The molecule has 0 saturated heterocycles. The van der Waals surface area contributed by atoms with Gasteiger partial charge in [-0.1, -0.05) is 11.6 Å². The summed E-state index contributed by atoms with van der Waals surface area (Å²) in [7, 11) is -7.81. The summed E-state index contributed by atoms with van der Waals surface area (Å²) in [5, 5.41) is 0. The summed E-state index contributed by atoms with van der Waals surface area (Å²) in [6.45, 7) is 0. The average Bonchev–Trinajstić information content (AvgIpc) is 1.79. The first-order valence-electron chi connectivity index (χ1n) is 3.26. The van der Waals surface area contributed by atoms with E-state index in [-0.39, 0.29) is 0 Å². The molecule has 0 heterocycles. The van der Waals surface area contributed by atoms with Crippen LogP contribution in [0.15, 0.2) is 0 Å². The summed E-state index contributed by atoms with van der Waals surface area (Å²) in [6.07, 6.45) is 1.41. The summed E-state index contributed by atoms with van der Waals surface area (Å²) >= 11 is 5.39. The van der Waals surface area contributed by atoms with Crippen LogP contribution in [-0.2, 0) is 24.5 Å². The highest BCUT2D eigenvalue weighted by Gasteiger charge is 2.47. The number of rotatable bonds is 4. The van der Waals surface area contributed by atoms with Crippen LogP contribution in [0.5, 0.6) is 0 Å². The number of carbonyl (C=O) groups excluding carboxylic acids is 1. The molecule has 1 amide bonds. The molecule has 9 heteroatoms. The van der Waals surface area contributed by atoms with E-state index in [4.69, 9.17) is 17.3 Å². The van der Waals surface area contributed by atoms with Crippen LogP contribution in [0.3, 0.4) is 0 Å². The summed E-state index contributed by atoms with van der Waals surface area (Å²) < 4.78 is 41.3. The fourth-order valence-corrected chi connectivity index (χ4v) is 3.97. The van der Waals surface area contributed by atoms with Crippen LogP contribution < -0.4 is 5.73 Å². The Morgan fingerprint density at radius 1 is 1.29 bits per heavy atom. The Bertz CT molecular complexity index is 439. The van der Waals surface area contributed by atoms with Crippen molar-refractivity contribution in [1.29, 1.82) is 0 Å². The minimum absolute atomic E-state index is 0.649. The molecule has 14 heavy (non-hydrogen) atoms. The molecule has 0 saturated carbocycles. The van der Waals surface area contributed by atoms with E-state index in [1.807, 2.05) is 0 Å². The molecule has 0 rings (SSSR count). The third kappa shape index (κ3) is 3.10. The monoisotopic (exact) mass is 263 g/mol. The van der Waals surface area contributed by atoms with E-state index in [0.717, 1.165) is 6.26 Å². The lowest BCUT2D eigenvalue weighted by Gasteiger charge is -2.19. The first kappa shape index (κ1) is 13.7. The lowest BCUT2D eigenvalue weighted by atomic mass is 10.4. The van der Waals surface area contributed by atoms with Crippen molar-refractivity contribution in [3.05, 3.63) is 0 Å². The van der Waals surface area contributed by atoms with Gasteiger partial charge in [0.2, 0.25) is 4.21 Å². The Balaban J connectivity index is 5.49. The molecule has 0 aliphatic carbocycles. The van der Waals surface area contributed by atoms with Crippen LogP contribution in [0.1, 0.15) is 0 Å². The van der Waals surface area contributed by atoms with E-state index in [0.29, 0.717) is 6.26 Å². The molecule has 0 bridgehead atoms. The Morgan fingerprint density at radius 3 is 1.71 bits per heavy atom. The zero-order chi connectivity index (χ0) is 11.8. The molecule has 1 atom stereocenters. The molecule has 6 nitrogen and oxygen atoms in total. The van der Waals surface area contributed by atoms with Crippen molar-refractivity contribution in [2.75, 3.05) is 18.3 Å².